The van der Waals surface area contributed by atoms with E-state index in [1.165, 1.54) is 43.4 Å². The van der Waals surface area contributed by atoms with Crippen molar-refractivity contribution in [1.29, 1.82) is 0 Å². The van der Waals surface area contributed by atoms with Crippen LogP contribution in [0.1, 0.15) is 91.0 Å². The van der Waals surface area contributed by atoms with Crippen molar-refractivity contribution in [3.8, 4) is 28.7 Å². The number of hydrogen-bond acceptors (Lipinski definition) is 6. The van der Waals surface area contributed by atoms with Crippen LogP contribution in [0.3, 0.4) is 0 Å². The molecule has 4 atom stereocenters. The van der Waals surface area contributed by atoms with Crippen LogP contribution in [-0.4, -0.2) is 25.4 Å². The molecule has 0 aromatic heterocycles. The summed E-state index contributed by atoms with van der Waals surface area (Å²) in [6, 6.07) is 42.1. The Morgan fingerprint density at radius 3 is 1.74 bits per heavy atom. The summed E-state index contributed by atoms with van der Waals surface area (Å²) in [6.07, 6.45) is 21.4. The second kappa shape index (κ2) is 22.3. The maximum Gasteiger partial charge on any atom is 0.129 e. The zero-order valence-corrected chi connectivity index (χ0v) is 37.5. The van der Waals surface area contributed by atoms with Gasteiger partial charge in [-0.2, -0.15) is 0 Å². The molecule has 2 unspecified atom stereocenters. The minimum absolute atomic E-state index is 0.115. The van der Waals surface area contributed by atoms with Crippen molar-refractivity contribution in [2.75, 3.05) is 23.0 Å². The highest BCUT2D eigenvalue weighted by molar-refractivity contribution is 5.78. The Labute approximate surface area is 371 Å². The number of allylic oxidation sites excluding steroid dienone is 2. The van der Waals surface area contributed by atoms with Gasteiger partial charge in [-0.25, -0.2) is 0 Å². The van der Waals surface area contributed by atoms with E-state index in [9.17, 15) is 0 Å². The second-order valence-corrected chi connectivity index (χ2v) is 16.7. The standard InChI is InChI=1S/C56H66N2O4/c1-6-9-11-13-37-60-53-23-15-19-47(39-53)58(48-20-16-24-54(40-48)61-50-31-26-42(4)27-32-50)49-21-17-25-55(41-49)62-51-33-29-45(30-34-51)57(43(5)56-35-28-44(56)8-3)46-18-14-22-52(38-46)59-36-12-10-7-2/h14-33,35,38-41,43-44,51,56H,6-13,34,36-37H2,1-5H3/t43-,44?,51?,56-/m1/s1. The van der Waals surface area contributed by atoms with E-state index in [1.807, 2.05) is 30.3 Å². The minimum atomic E-state index is -0.115. The Kier molecular flexibility index (Phi) is 15.9. The van der Waals surface area contributed by atoms with Crippen LogP contribution in [0.2, 0.25) is 0 Å². The summed E-state index contributed by atoms with van der Waals surface area (Å²) >= 11 is 0. The van der Waals surface area contributed by atoms with Gasteiger partial charge in [-0.1, -0.05) is 113 Å². The highest BCUT2D eigenvalue weighted by Crippen LogP contribution is 2.41. The third-order valence-corrected chi connectivity index (χ3v) is 12.0. The topological polar surface area (TPSA) is 43.4 Å². The van der Waals surface area contributed by atoms with Crippen LogP contribution >= 0.6 is 0 Å². The van der Waals surface area contributed by atoms with Gasteiger partial charge in [-0.05, 0) is 112 Å². The molecule has 324 valence electrons. The molecular formula is C56H66N2O4. The summed E-state index contributed by atoms with van der Waals surface area (Å²) in [5, 5.41) is 0. The van der Waals surface area contributed by atoms with Crippen molar-refractivity contribution in [3.05, 3.63) is 163 Å². The number of ether oxygens (including phenoxy) is 4. The van der Waals surface area contributed by atoms with E-state index in [2.05, 4.69) is 166 Å². The van der Waals surface area contributed by atoms with Crippen LogP contribution in [-0.2, 0) is 0 Å². The maximum absolute atomic E-state index is 6.77. The number of rotatable bonds is 23. The second-order valence-electron chi connectivity index (χ2n) is 16.7. The van der Waals surface area contributed by atoms with Gasteiger partial charge in [-0.3, -0.25) is 0 Å². The van der Waals surface area contributed by atoms with Gasteiger partial charge in [0.1, 0.15) is 34.9 Å². The summed E-state index contributed by atoms with van der Waals surface area (Å²) in [6.45, 7) is 12.6. The molecule has 5 aromatic rings. The Morgan fingerprint density at radius 2 is 1.15 bits per heavy atom. The molecule has 0 N–H and O–H groups in total. The van der Waals surface area contributed by atoms with Crippen LogP contribution in [0.25, 0.3) is 0 Å². The molecule has 0 fully saturated rings. The normalized spacial score (nSPS) is 17.1. The molecule has 6 nitrogen and oxygen atoms in total. The smallest absolute Gasteiger partial charge is 0.129 e. The molecular weight excluding hydrogens is 765 g/mol. The molecule has 7 rings (SSSR count). The molecule has 0 heterocycles. The minimum Gasteiger partial charge on any atom is -0.494 e. The first-order valence-electron chi connectivity index (χ1n) is 23.2. The molecule has 62 heavy (non-hydrogen) atoms. The lowest BCUT2D eigenvalue weighted by molar-refractivity contribution is 0.251. The van der Waals surface area contributed by atoms with E-state index < -0.39 is 0 Å². The van der Waals surface area contributed by atoms with Crippen molar-refractivity contribution in [2.24, 2.45) is 11.8 Å². The lowest BCUT2D eigenvalue weighted by Gasteiger charge is -2.42. The van der Waals surface area contributed by atoms with Gasteiger partial charge in [0.2, 0.25) is 0 Å². The van der Waals surface area contributed by atoms with Crippen molar-refractivity contribution in [2.45, 2.75) is 105 Å². The van der Waals surface area contributed by atoms with Crippen molar-refractivity contribution >= 4 is 22.7 Å². The Balaban J connectivity index is 1.12. The first-order chi connectivity index (χ1) is 30.4. The van der Waals surface area contributed by atoms with Gasteiger partial charge in [0.05, 0.1) is 13.2 Å². The first kappa shape index (κ1) is 44.2. The van der Waals surface area contributed by atoms with Gasteiger partial charge in [0.15, 0.2) is 0 Å². The van der Waals surface area contributed by atoms with E-state index in [4.69, 9.17) is 18.9 Å². The molecule has 2 aliphatic carbocycles. The number of aryl methyl sites for hydroxylation is 1. The average molecular weight is 831 g/mol. The quantitative estimate of drug-likeness (QED) is 0.0483. The van der Waals surface area contributed by atoms with Crippen LogP contribution in [0.15, 0.2) is 157 Å². The van der Waals surface area contributed by atoms with Crippen LogP contribution < -0.4 is 28.7 Å². The van der Waals surface area contributed by atoms with Crippen LogP contribution in [0.5, 0.6) is 28.7 Å². The van der Waals surface area contributed by atoms with E-state index in [1.54, 1.807) is 0 Å². The third kappa shape index (κ3) is 11.7. The molecule has 0 aliphatic heterocycles. The monoisotopic (exact) mass is 831 g/mol. The van der Waals surface area contributed by atoms with E-state index in [0.717, 1.165) is 83.8 Å². The summed E-state index contributed by atoms with van der Waals surface area (Å²) in [4.78, 5) is 4.74. The lowest BCUT2D eigenvalue weighted by atomic mass is 9.75. The number of hydrogen-bond donors (Lipinski definition) is 0. The van der Waals surface area contributed by atoms with Gasteiger partial charge in [-0.15, -0.1) is 0 Å². The fraction of sp³-hybridized carbons (Fsp3) is 0.357. The van der Waals surface area contributed by atoms with Crippen LogP contribution in [0.4, 0.5) is 22.7 Å². The largest absolute Gasteiger partial charge is 0.494 e. The third-order valence-electron chi connectivity index (χ3n) is 12.0. The summed E-state index contributed by atoms with van der Waals surface area (Å²) in [5.41, 5.74) is 6.47. The summed E-state index contributed by atoms with van der Waals surface area (Å²) in [5.74, 6) is 5.21. The molecule has 6 heteroatoms. The zero-order chi connectivity index (χ0) is 43.1. The molecule has 2 aliphatic rings. The number of nitrogens with zero attached hydrogens (tertiary/aromatic N) is 2. The molecule has 0 saturated carbocycles. The van der Waals surface area contributed by atoms with Gasteiger partial charge in [0.25, 0.3) is 0 Å². The predicted octanol–water partition coefficient (Wildman–Crippen LogP) is 15.5. The van der Waals surface area contributed by atoms with Gasteiger partial charge < -0.3 is 28.7 Å². The Morgan fingerprint density at radius 1 is 0.581 bits per heavy atom. The molecule has 0 amide bonds. The van der Waals surface area contributed by atoms with Gasteiger partial charge in [0, 0.05) is 71.1 Å². The maximum atomic E-state index is 6.77. The van der Waals surface area contributed by atoms with Crippen molar-refractivity contribution < 1.29 is 18.9 Å². The zero-order valence-electron chi connectivity index (χ0n) is 37.5. The Hall–Kier alpha value is -5.88. The summed E-state index contributed by atoms with van der Waals surface area (Å²) < 4.78 is 25.6. The van der Waals surface area contributed by atoms with E-state index in [0.29, 0.717) is 18.4 Å². The summed E-state index contributed by atoms with van der Waals surface area (Å²) in [7, 11) is 0. The number of anilines is 4. The Bertz CT molecular complexity index is 2260. The average Bonchev–Trinajstić information content (AvgIpc) is 3.27. The highest BCUT2D eigenvalue weighted by atomic mass is 16.5. The fourth-order valence-corrected chi connectivity index (χ4v) is 8.41. The molecule has 0 bridgehead atoms. The predicted molar refractivity (Wildman–Crippen MR) is 258 cm³/mol. The SMILES string of the molecule is CCCCCCOc1cccc(N(c2cccc(Oc3ccc(C)cc3)c2)c2cccc(OC3C=CC(N(c4cccc(OCCCCC)c4)[C@H](C)[C@H]4C=CC4CC)=CC3)c2)c1. The highest BCUT2D eigenvalue weighted by Gasteiger charge is 2.33. The molecule has 0 spiro atoms. The van der Waals surface area contributed by atoms with E-state index >= 15 is 0 Å². The lowest BCUT2D eigenvalue weighted by Crippen LogP contribution is -2.42. The molecule has 0 saturated heterocycles. The fourth-order valence-electron chi connectivity index (χ4n) is 8.41. The van der Waals surface area contributed by atoms with Crippen molar-refractivity contribution in [1.82, 2.24) is 0 Å². The van der Waals surface area contributed by atoms with Crippen molar-refractivity contribution in [3.63, 3.8) is 0 Å². The number of unbranched alkanes of at least 4 members (excludes halogenated alkanes) is 5. The van der Waals surface area contributed by atoms with Crippen LogP contribution in [0, 0.1) is 18.8 Å². The van der Waals surface area contributed by atoms with E-state index in [-0.39, 0.29) is 12.1 Å². The molecule has 5 aromatic carbocycles. The van der Waals surface area contributed by atoms with Gasteiger partial charge >= 0.3 is 0 Å². The number of benzene rings is 5. The first-order valence-corrected chi connectivity index (χ1v) is 23.2. The molecule has 0 radical (unpaired) electrons.